The van der Waals surface area contributed by atoms with Crippen LogP contribution in [0.4, 0.5) is 17.3 Å². The van der Waals surface area contributed by atoms with Gasteiger partial charge in [-0.05, 0) is 60.9 Å². The fourth-order valence-electron chi connectivity index (χ4n) is 4.76. The minimum Gasteiger partial charge on any atom is -0.464 e. The van der Waals surface area contributed by atoms with Gasteiger partial charge in [-0.15, -0.1) is 0 Å². The first-order valence-corrected chi connectivity index (χ1v) is 12.8. The van der Waals surface area contributed by atoms with Gasteiger partial charge in [-0.3, -0.25) is 4.79 Å². The van der Waals surface area contributed by atoms with Gasteiger partial charge in [-0.25, -0.2) is 9.97 Å². The highest BCUT2D eigenvalue weighted by Crippen LogP contribution is 2.28. The Morgan fingerprint density at radius 3 is 2.95 bits per heavy atom. The lowest BCUT2D eigenvalue weighted by Gasteiger charge is -2.19. The Bertz CT molecular complexity index is 1420. The van der Waals surface area contributed by atoms with Gasteiger partial charge in [0.2, 0.25) is 11.9 Å². The highest BCUT2D eigenvalue weighted by atomic mass is 16.5. The number of aliphatic hydroxyl groups excluding tert-OH is 1. The quantitative estimate of drug-likeness (QED) is 0.425. The van der Waals surface area contributed by atoms with Crippen molar-refractivity contribution in [2.75, 3.05) is 50.1 Å². The second-order valence-electron chi connectivity index (χ2n) is 9.47. The first-order chi connectivity index (χ1) is 19.1. The molecule has 200 valence electrons. The van der Waals surface area contributed by atoms with Crippen LogP contribution in [0, 0.1) is 11.3 Å². The minimum absolute atomic E-state index is 0.254. The van der Waals surface area contributed by atoms with Gasteiger partial charge in [-0.1, -0.05) is 6.07 Å². The lowest BCUT2D eigenvalue weighted by Crippen LogP contribution is -2.30. The van der Waals surface area contributed by atoms with E-state index in [0.29, 0.717) is 42.5 Å². The molecule has 2 aliphatic rings. The fourth-order valence-corrected chi connectivity index (χ4v) is 4.76. The minimum atomic E-state index is -0.505. The molecule has 3 heterocycles. The molecule has 0 saturated carbocycles. The van der Waals surface area contributed by atoms with Gasteiger partial charge >= 0.3 is 0 Å². The third-order valence-corrected chi connectivity index (χ3v) is 6.93. The van der Waals surface area contributed by atoms with Crippen molar-refractivity contribution in [1.29, 1.82) is 5.26 Å². The zero-order chi connectivity index (χ0) is 27.2. The topological polar surface area (TPSA) is 124 Å². The van der Waals surface area contributed by atoms with E-state index >= 15 is 0 Å². The molecule has 0 radical (unpaired) electrons. The summed E-state index contributed by atoms with van der Waals surface area (Å²) >= 11 is 0. The summed E-state index contributed by atoms with van der Waals surface area (Å²) in [6, 6.07) is 17.4. The molecule has 5 rings (SSSR count). The van der Waals surface area contributed by atoms with Gasteiger partial charge in [-0.2, -0.15) is 5.26 Å². The molecule has 1 atom stereocenters. The van der Waals surface area contributed by atoms with Crippen molar-refractivity contribution in [2.45, 2.75) is 18.9 Å². The zero-order valence-electron chi connectivity index (χ0n) is 21.7. The number of anilines is 3. The summed E-state index contributed by atoms with van der Waals surface area (Å²) in [5, 5.41) is 22.1. The Kier molecular flexibility index (Phi) is 8.01. The molecule has 0 bridgehead atoms. The molecular formula is C29H30N6O4. The van der Waals surface area contributed by atoms with E-state index in [0.717, 1.165) is 42.0 Å². The standard InChI is InChI=1S/C29H30N6O4/c1-38-25-9-12-34(17-25)24-4-2-3-23(14-24)32-29-31-10-7-26(33-29)21-5-6-27(22(13-21)15-30)39-19-20-8-11-35(16-20)28(37)18-36/h2-7,10,13-14,19,25,36H,8-9,11-12,16-18H2,1H3,(H,31,32,33)/b20-19+. The normalized spacial score (nSPS) is 17.9. The first-order valence-electron chi connectivity index (χ1n) is 12.8. The molecule has 1 unspecified atom stereocenters. The van der Waals surface area contributed by atoms with Crippen LogP contribution in [0.15, 0.2) is 66.6 Å². The molecule has 2 N–H and O–H groups in total. The Morgan fingerprint density at radius 1 is 1.26 bits per heavy atom. The van der Waals surface area contributed by atoms with Gasteiger partial charge in [0.05, 0.1) is 23.6 Å². The maximum Gasteiger partial charge on any atom is 0.248 e. The van der Waals surface area contributed by atoms with Gasteiger partial charge in [0.25, 0.3) is 0 Å². The van der Waals surface area contributed by atoms with E-state index < -0.39 is 6.61 Å². The molecule has 0 spiro atoms. The number of hydrogen-bond donors (Lipinski definition) is 2. The number of nitriles is 1. The summed E-state index contributed by atoms with van der Waals surface area (Å²) in [4.78, 5) is 24.6. The van der Waals surface area contributed by atoms with Crippen LogP contribution in [0.5, 0.6) is 5.75 Å². The molecular weight excluding hydrogens is 496 g/mol. The lowest BCUT2D eigenvalue weighted by molar-refractivity contribution is -0.132. The molecule has 2 aromatic carbocycles. The van der Waals surface area contributed by atoms with Crippen LogP contribution in [0.25, 0.3) is 11.3 Å². The number of benzene rings is 2. The van der Waals surface area contributed by atoms with E-state index in [2.05, 4.69) is 38.4 Å². The molecule has 1 aromatic heterocycles. The molecule has 1 amide bonds. The summed E-state index contributed by atoms with van der Waals surface area (Å²) < 4.78 is 11.3. The molecule has 10 heteroatoms. The van der Waals surface area contributed by atoms with Crippen LogP contribution in [0.1, 0.15) is 18.4 Å². The summed E-state index contributed by atoms with van der Waals surface area (Å²) in [5.74, 6) is 0.564. The molecule has 3 aromatic rings. The monoisotopic (exact) mass is 526 g/mol. The largest absolute Gasteiger partial charge is 0.464 e. The Balaban J connectivity index is 1.28. The molecule has 39 heavy (non-hydrogen) atoms. The predicted octanol–water partition coefficient (Wildman–Crippen LogP) is 3.47. The number of amides is 1. The van der Waals surface area contributed by atoms with E-state index in [1.165, 1.54) is 0 Å². The van der Waals surface area contributed by atoms with Gasteiger partial charge in [0.15, 0.2) is 0 Å². The van der Waals surface area contributed by atoms with Gasteiger partial charge in [0, 0.05) is 56.4 Å². The number of ether oxygens (including phenoxy) is 2. The third-order valence-electron chi connectivity index (χ3n) is 6.93. The summed E-state index contributed by atoms with van der Waals surface area (Å²) in [5.41, 5.74) is 4.71. The molecule has 2 saturated heterocycles. The predicted molar refractivity (Wildman–Crippen MR) is 147 cm³/mol. The highest BCUT2D eigenvalue weighted by Gasteiger charge is 2.23. The van der Waals surface area contributed by atoms with Crippen molar-refractivity contribution in [3.63, 3.8) is 0 Å². The fraction of sp³-hybridized carbons (Fsp3) is 0.310. The number of rotatable bonds is 8. The number of aromatic nitrogens is 2. The van der Waals surface area contributed by atoms with Crippen molar-refractivity contribution < 1.29 is 19.4 Å². The second-order valence-corrected chi connectivity index (χ2v) is 9.47. The maximum absolute atomic E-state index is 11.7. The number of carbonyl (C=O) groups excluding carboxylic acids is 1. The summed E-state index contributed by atoms with van der Waals surface area (Å²) in [6.45, 7) is 2.26. The highest BCUT2D eigenvalue weighted by molar-refractivity contribution is 5.78. The second kappa shape index (κ2) is 11.9. The van der Waals surface area contributed by atoms with Crippen molar-refractivity contribution >= 4 is 23.2 Å². The van der Waals surface area contributed by atoms with E-state index in [9.17, 15) is 10.1 Å². The zero-order valence-corrected chi connectivity index (χ0v) is 21.7. The van der Waals surface area contributed by atoms with E-state index in [1.54, 1.807) is 42.7 Å². The van der Waals surface area contributed by atoms with Crippen LogP contribution in [-0.4, -0.2) is 71.9 Å². The Hall–Kier alpha value is -4.46. The number of nitrogens with one attached hydrogen (secondary N) is 1. The van der Waals surface area contributed by atoms with E-state index in [4.69, 9.17) is 14.6 Å². The summed E-state index contributed by atoms with van der Waals surface area (Å²) in [7, 11) is 1.75. The number of nitrogens with zero attached hydrogens (tertiary/aromatic N) is 5. The van der Waals surface area contributed by atoms with Crippen LogP contribution < -0.4 is 15.0 Å². The number of aliphatic hydroxyl groups is 1. The van der Waals surface area contributed by atoms with Gasteiger partial charge < -0.3 is 29.7 Å². The number of methoxy groups -OCH3 is 1. The molecule has 0 aliphatic carbocycles. The van der Waals surface area contributed by atoms with Crippen molar-refractivity contribution in [2.24, 2.45) is 0 Å². The van der Waals surface area contributed by atoms with Crippen LogP contribution in [-0.2, 0) is 9.53 Å². The molecule has 10 nitrogen and oxygen atoms in total. The van der Waals surface area contributed by atoms with Crippen LogP contribution >= 0.6 is 0 Å². The average molecular weight is 527 g/mol. The van der Waals surface area contributed by atoms with Gasteiger partial charge in [0.1, 0.15) is 18.4 Å². The summed E-state index contributed by atoms with van der Waals surface area (Å²) in [6.07, 6.45) is 5.19. The SMILES string of the molecule is COC1CCN(c2cccc(Nc3nccc(-c4ccc(O/C=C5\CCN(C(=O)CO)C5)c(C#N)c4)n3)c2)C1. The van der Waals surface area contributed by atoms with E-state index in [1.807, 2.05) is 18.2 Å². The van der Waals surface area contributed by atoms with E-state index in [-0.39, 0.29) is 12.0 Å². The average Bonchev–Trinajstić information content (AvgIpc) is 3.66. The maximum atomic E-state index is 11.7. The van der Waals surface area contributed by atoms with Crippen LogP contribution in [0.2, 0.25) is 0 Å². The molecule has 2 aliphatic heterocycles. The van der Waals surface area contributed by atoms with Crippen molar-refractivity contribution in [3.8, 4) is 23.1 Å². The number of likely N-dealkylation sites (tertiary alicyclic amines) is 1. The Labute approximate surface area is 227 Å². The Morgan fingerprint density at radius 2 is 2.15 bits per heavy atom. The number of hydrogen-bond acceptors (Lipinski definition) is 9. The smallest absolute Gasteiger partial charge is 0.248 e. The first kappa shape index (κ1) is 26.2. The van der Waals surface area contributed by atoms with Crippen molar-refractivity contribution in [3.05, 3.63) is 72.1 Å². The molecule has 2 fully saturated rings. The number of carbonyl (C=O) groups is 1. The van der Waals surface area contributed by atoms with Crippen LogP contribution in [0.3, 0.4) is 0 Å². The van der Waals surface area contributed by atoms with Crippen molar-refractivity contribution in [1.82, 2.24) is 14.9 Å². The third kappa shape index (κ3) is 6.17. The lowest BCUT2D eigenvalue weighted by atomic mass is 10.1.